The normalized spacial score (nSPS) is 10.5. The van der Waals surface area contributed by atoms with E-state index in [2.05, 4.69) is 22.3 Å². The van der Waals surface area contributed by atoms with Gasteiger partial charge in [0.1, 0.15) is 0 Å². The molecule has 0 bridgehead atoms. The predicted octanol–water partition coefficient (Wildman–Crippen LogP) is 3.10. The van der Waals surface area contributed by atoms with Crippen LogP contribution in [0.3, 0.4) is 0 Å². The molecule has 0 aliphatic rings. The van der Waals surface area contributed by atoms with Gasteiger partial charge in [0, 0.05) is 18.8 Å². The van der Waals surface area contributed by atoms with Gasteiger partial charge in [-0.05, 0) is 12.2 Å². The van der Waals surface area contributed by atoms with Crippen LogP contribution in [-0.2, 0) is 6.54 Å². The Bertz CT molecular complexity index is 761. The zero-order valence-corrected chi connectivity index (χ0v) is 12.9. The first-order chi connectivity index (χ1) is 11.3. The topological polar surface area (TPSA) is 41.9 Å². The van der Waals surface area contributed by atoms with Crippen LogP contribution in [0.15, 0.2) is 24.9 Å². The number of rotatable bonds is 5. The molecular weight excluding hydrogens is 351 g/mol. The Kier molecular flexibility index (Phi) is 5.50. The molecule has 0 amide bonds. The first kappa shape index (κ1) is 17.9. The Morgan fingerprint density at radius 1 is 1.12 bits per heavy atom. The molecule has 0 unspecified atom stereocenters. The lowest BCUT2D eigenvalue weighted by atomic mass is 10.1. The smallest absolute Gasteiger partial charge is 0.200 e. The molecule has 1 aromatic carbocycles. The van der Waals surface area contributed by atoms with Gasteiger partial charge in [-0.3, -0.25) is 4.68 Å². The first-order valence-electron chi connectivity index (χ1n) is 6.54. The molecule has 2 aromatic rings. The Balaban J connectivity index is 2.19. The molecule has 1 heterocycles. The first-order valence-corrected chi connectivity index (χ1v) is 6.95. The van der Waals surface area contributed by atoms with Crippen molar-refractivity contribution >= 4 is 23.1 Å². The molecule has 0 aliphatic heterocycles. The maximum Gasteiger partial charge on any atom is 0.200 e. The number of hydrogen-bond acceptors (Lipinski definition) is 2. The van der Waals surface area contributed by atoms with Crippen LogP contribution >= 0.6 is 12.2 Å². The highest BCUT2D eigenvalue weighted by atomic mass is 32.1. The van der Waals surface area contributed by atoms with E-state index in [0.717, 1.165) is 4.68 Å². The molecule has 2 rings (SSSR count). The van der Waals surface area contributed by atoms with E-state index < -0.39 is 41.2 Å². The Morgan fingerprint density at radius 3 is 2.29 bits per heavy atom. The lowest BCUT2D eigenvalue weighted by Gasteiger charge is -2.08. The van der Waals surface area contributed by atoms with Crippen LogP contribution in [0.25, 0.3) is 0 Å². The highest BCUT2D eigenvalue weighted by Gasteiger charge is 2.25. The quantitative estimate of drug-likeness (QED) is 0.282. The van der Waals surface area contributed by atoms with E-state index in [1.165, 1.54) is 12.3 Å². The van der Waals surface area contributed by atoms with Gasteiger partial charge in [-0.25, -0.2) is 22.0 Å². The van der Waals surface area contributed by atoms with Crippen molar-refractivity contribution in [2.24, 2.45) is 0 Å². The molecule has 0 aliphatic carbocycles. The number of nitrogens with one attached hydrogen (secondary N) is 2. The lowest BCUT2D eigenvalue weighted by molar-refractivity contribution is 0.367. The lowest BCUT2D eigenvalue weighted by Crippen LogP contribution is -2.28. The SMILES string of the molecule is C=CCNC(=S)Nc1ccn(Cc2c(F)c(F)c(F)c(F)c2F)n1. The van der Waals surface area contributed by atoms with E-state index in [-0.39, 0.29) is 10.9 Å². The maximum atomic E-state index is 13.6. The second kappa shape index (κ2) is 7.39. The molecule has 24 heavy (non-hydrogen) atoms. The van der Waals surface area contributed by atoms with E-state index in [4.69, 9.17) is 12.2 Å². The van der Waals surface area contributed by atoms with E-state index in [9.17, 15) is 22.0 Å². The Morgan fingerprint density at radius 2 is 1.71 bits per heavy atom. The standard InChI is InChI=1S/C14H11F5N4S/c1-2-4-20-14(24)21-8-3-5-23(22-8)6-7-9(15)11(17)13(19)12(18)10(7)16/h2-3,5H,1,4,6H2,(H2,20,21,22,24). The zero-order chi connectivity index (χ0) is 17.9. The van der Waals surface area contributed by atoms with Gasteiger partial charge in [-0.2, -0.15) is 5.10 Å². The van der Waals surface area contributed by atoms with Crippen LogP contribution in [0.4, 0.5) is 27.8 Å². The molecule has 0 saturated heterocycles. The summed E-state index contributed by atoms with van der Waals surface area (Å²) in [6.07, 6.45) is 2.88. The van der Waals surface area contributed by atoms with Gasteiger partial charge in [-0.15, -0.1) is 6.58 Å². The summed E-state index contributed by atoms with van der Waals surface area (Å²) < 4.78 is 67.6. The summed E-state index contributed by atoms with van der Waals surface area (Å²) in [6.45, 7) is 3.27. The summed E-state index contributed by atoms with van der Waals surface area (Å²) in [7, 11) is 0. The molecule has 10 heteroatoms. The fourth-order valence-corrected chi connectivity index (χ4v) is 1.98. The predicted molar refractivity (Wildman–Crippen MR) is 82.0 cm³/mol. The average Bonchev–Trinajstić information content (AvgIpc) is 3.00. The van der Waals surface area contributed by atoms with Crippen LogP contribution in [-0.4, -0.2) is 21.4 Å². The molecule has 0 saturated carbocycles. The Hall–Kier alpha value is -2.49. The average molecular weight is 362 g/mol. The van der Waals surface area contributed by atoms with Crippen LogP contribution in [0, 0.1) is 29.1 Å². The van der Waals surface area contributed by atoms with Crippen molar-refractivity contribution in [2.75, 3.05) is 11.9 Å². The van der Waals surface area contributed by atoms with E-state index in [0.29, 0.717) is 6.54 Å². The minimum Gasteiger partial charge on any atom is -0.359 e. The molecule has 0 atom stereocenters. The van der Waals surface area contributed by atoms with Crippen molar-refractivity contribution in [2.45, 2.75) is 6.54 Å². The summed E-state index contributed by atoms with van der Waals surface area (Å²) in [5.41, 5.74) is -0.978. The van der Waals surface area contributed by atoms with Crippen LogP contribution < -0.4 is 10.6 Å². The second-order valence-corrected chi connectivity index (χ2v) is 4.98. The molecule has 4 nitrogen and oxygen atoms in total. The van der Waals surface area contributed by atoms with Crippen LogP contribution in [0.1, 0.15) is 5.56 Å². The third-order valence-corrected chi connectivity index (χ3v) is 3.16. The van der Waals surface area contributed by atoms with Gasteiger partial charge in [0.05, 0.1) is 12.1 Å². The fraction of sp³-hybridized carbons (Fsp3) is 0.143. The van der Waals surface area contributed by atoms with Crippen molar-refractivity contribution in [3.8, 4) is 0 Å². The van der Waals surface area contributed by atoms with Crippen LogP contribution in [0.5, 0.6) is 0 Å². The number of aromatic nitrogens is 2. The number of anilines is 1. The van der Waals surface area contributed by atoms with Crippen molar-refractivity contribution in [3.63, 3.8) is 0 Å². The van der Waals surface area contributed by atoms with Crippen molar-refractivity contribution in [3.05, 3.63) is 59.6 Å². The van der Waals surface area contributed by atoms with Gasteiger partial charge in [0.2, 0.25) is 5.82 Å². The van der Waals surface area contributed by atoms with Gasteiger partial charge in [0.15, 0.2) is 34.2 Å². The highest BCUT2D eigenvalue weighted by molar-refractivity contribution is 7.80. The van der Waals surface area contributed by atoms with Crippen molar-refractivity contribution in [1.29, 1.82) is 0 Å². The minimum absolute atomic E-state index is 0.233. The summed E-state index contributed by atoms with van der Waals surface area (Å²) in [5.74, 6) is -9.73. The van der Waals surface area contributed by atoms with Gasteiger partial charge >= 0.3 is 0 Å². The summed E-state index contributed by atoms with van der Waals surface area (Å²) in [4.78, 5) is 0. The second-order valence-electron chi connectivity index (χ2n) is 4.57. The van der Waals surface area contributed by atoms with Crippen molar-refractivity contribution < 1.29 is 22.0 Å². The fourth-order valence-electron chi connectivity index (χ4n) is 1.79. The monoisotopic (exact) mass is 362 g/mol. The molecule has 0 spiro atoms. The number of hydrogen-bond donors (Lipinski definition) is 2. The van der Waals surface area contributed by atoms with Gasteiger partial charge < -0.3 is 10.6 Å². The third kappa shape index (κ3) is 3.70. The van der Waals surface area contributed by atoms with Crippen molar-refractivity contribution in [1.82, 2.24) is 15.1 Å². The van der Waals surface area contributed by atoms with Crippen LogP contribution in [0.2, 0.25) is 0 Å². The number of halogens is 5. The molecule has 2 N–H and O–H groups in total. The summed E-state index contributed by atoms with van der Waals surface area (Å²) in [6, 6.07) is 1.42. The minimum atomic E-state index is -2.20. The number of thiocarbonyl (C=S) groups is 1. The molecular formula is C14H11F5N4S. The number of benzene rings is 1. The molecule has 0 fully saturated rings. The van der Waals surface area contributed by atoms with E-state index >= 15 is 0 Å². The highest BCUT2D eigenvalue weighted by Crippen LogP contribution is 2.23. The van der Waals surface area contributed by atoms with E-state index in [1.807, 2.05) is 0 Å². The molecule has 0 radical (unpaired) electrons. The summed E-state index contributed by atoms with van der Waals surface area (Å²) >= 11 is 4.95. The molecule has 128 valence electrons. The van der Waals surface area contributed by atoms with E-state index in [1.54, 1.807) is 6.08 Å². The largest absolute Gasteiger partial charge is 0.359 e. The molecule has 1 aromatic heterocycles. The van der Waals surface area contributed by atoms with Gasteiger partial charge in [0.25, 0.3) is 0 Å². The van der Waals surface area contributed by atoms with Gasteiger partial charge in [-0.1, -0.05) is 6.08 Å². The summed E-state index contributed by atoms with van der Waals surface area (Å²) in [5, 5.41) is 9.59. The number of nitrogens with zero attached hydrogens (tertiary/aromatic N) is 2. The third-order valence-electron chi connectivity index (χ3n) is 2.91. The zero-order valence-electron chi connectivity index (χ0n) is 12.0. The maximum absolute atomic E-state index is 13.6. The Labute approximate surface area is 139 Å².